The van der Waals surface area contributed by atoms with E-state index in [4.69, 9.17) is 5.11 Å². The van der Waals surface area contributed by atoms with E-state index in [0.29, 0.717) is 0 Å². The van der Waals surface area contributed by atoms with Crippen molar-refractivity contribution in [3.8, 4) is 0 Å². The summed E-state index contributed by atoms with van der Waals surface area (Å²) in [6.45, 7) is 2.55. The van der Waals surface area contributed by atoms with Gasteiger partial charge in [0.15, 0.2) is 0 Å². The summed E-state index contributed by atoms with van der Waals surface area (Å²) in [7, 11) is 1.35. The van der Waals surface area contributed by atoms with Crippen LogP contribution in [0.3, 0.4) is 0 Å². The van der Waals surface area contributed by atoms with E-state index in [-0.39, 0.29) is 17.9 Å². The maximum Gasteiger partial charge on any atom is 0.305 e. The fourth-order valence-electron chi connectivity index (χ4n) is 0.767. The molecule has 0 heterocycles. The number of hydrogen-bond donors (Lipinski definition) is 1. The molecule has 0 spiro atoms. The van der Waals surface area contributed by atoms with E-state index in [2.05, 4.69) is 14.9 Å². The number of nitrogens with zero attached hydrogens (tertiary/aromatic N) is 3. The molecule has 0 aromatic carbocycles. The Morgan fingerprint density at radius 1 is 1.59 bits per heavy atom. The van der Waals surface area contributed by atoms with Crippen LogP contribution >= 0.6 is 0 Å². The monoisotopic (exact) mass is 249 g/mol. The van der Waals surface area contributed by atoms with Crippen LogP contribution in [0.5, 0.6) is 0 Å². The van der Waals surface area contributed by atoms with Crippen LogP contribution in [0.4, 0.5) is 0 Å². The molecule has 0 aliphatic carbocycles. The highest BCUT2D eigenvalue weighted by atomic mass is 16.8. The quantitative estimate of drug-likeness (QED) is 0.224. The summed E-state index contributed by atoms with van der Waals surface area (Å²) in [5.74, 6) is -1.59. The molecule has 0 saturated heterocycles. The summed E-state index contributed by atoms with van der Waals surface area (Å²) in [6.07, 6.45) is -1.19. The first kappa shape index (κ1) is 14.9. The van der Waals surface area contributed by atoms with Gasteiger partial charge in [0.1, 0.15) is 0 Å². The second-order valence-corrected chi connectivity index (χ2v) is 3.14. The van der Waals surface area contributed by atoms with Crippen molar-refractivity contribution < 1.29 is 29.2 Å². The number of aliphatic carboxylic acids is 1. The van der Waals surface area contributed by atoms with E-state index in [9.17, 15) is 14.8 Å². The highest BCUT2D eigenvalue weighted by Crippen LogP contribution is 1.97. The van der Waals surface area contributed by atoms with Crippen LogP contribution in [0.15, 0.2) is 5.28 Å². The first-order chi connectivity index (χ1) is 7.82. The molecule has 0 aromatic heterocycles. The summed E-state index contributed by atoms with van der Waals surface area (Å²) in [6, 6.07) is 0. The minimum absolute atomic E-state index is 0.0202. The summed E-state index contributed by atoms with van der Waals surface area (Å²) < 4.78 is 4.55. The van der Waals surface area contributed by atoms with Crippen LogP contribution in [0, 0.1) is 5.21 Å². The molecule has 17 heavy (non-hydrogen) atoms. The van der Waals surface area contributed by atoms with E-state index in [1.54, 1.807) is 0 Å². The lowest BCUT2D eigenvalue weighted by Gasteiger charge is -2.12. The zero-order valence-corrected chi connectivity index (χ0v) is 9.82. The van der Waals surface area contributed by atoms with Crippen LogP contribution in [0.2, 0.25) is 0 Å². The van der Waals surface area contributed by atoms with Gasteiger partial charge >= 0.3 is 11.9 Å². The molecule has 9 nitrogen and oxygen atoms in total. The molecule has 0 saturated carbocycles. The van der Waals surface area contributed by atoms with Gasteiger partial charge in [-0.15, -0.1) is 5.01 Å². The van der Waals surface area contributed by atoms with Gasteiger partial charge in [0.2, 0.25) is 5.28 Å². The average Bonchev–Trinajstić information content (AvgIpc) is 2.21. The van der Waals surface area contributed by atoms with E-state index in [0.717, 1.165) is 5.01 Å². The van der Waals surface area contributed by atoms with Crippen molar-refractivity contribution in [2.75, 3.05) is 13.6 Å². The van der Waals surface area contributed by atoms with E-state index < -0.39 is 18.2 Å². The highest BCUT2D eigenvalue weighted by Gasteiger charge is 2.11. The Bertz CT molecular complexity index is 306. The molecule has 0 rings (SSSR count). The van der Waals surface area contributed by atoms with E-state index in [1.807, 2.05) is 0 Å². The lowest BCUT2D eigenvalue weighted by molar-refractivity contribution is -0.707. The van der Waals surface area contributed by atoms with Crippen LogP contribution in [-0.4, -0.2) is 46.9 Å². The van der Waals surface area contributed by atoms with Crippen molar-refractivity contribution in [3.63, 3.8) is 0 Å². The second kappa shape index (κ2) is 7.25. The Morgan fingerprint density at radius 2 is 2.18 bits per heavy atom. The SMILES string of the molecule is CC(=O)OC(C)O/N=[N+](/[O-])N(C)CCC(=O)O. The van der Waals surface area contributed by atoms with Crippen LogP contribution in [-0.2, 0) is 19.2 Å². The Kier molecular flexibility index (Phi) is 6.37. The van der Waals surface area contributed by atoms with Gasteiger partial charge in [-0.05, 0) is 0 Å². The minimum atomic E-state index is -1.03. The molecule has 1 atom stereocenters. The summed E-state index contributed by atoms with van der Waals surface area (Å²) in [5.41, 5.74) is 0. The Labute approximate surface area is 97.7 Å². The van der Waals surface area contributed by atoms with Gasteiger partial charge in [-0.25, -0.2) is 0 Å². The summed E-state index contributed by atoms with van der Waals surface area (Å²) in [4.78, 5) is 25.4. The Hall–Kier alpha value is -2.06. The number of carboxylic acids is 1. The second-order valence-electron chi connectivity index (χ2n) is 3.14. The number of carboxylic acid groups (broad SMARTS) is 1. The zero-order valence-electron chi connectivity index (χ0n) is 9.82. The minimum Gasteiger partial charge on any atom is -0.569 e. The third kappa shape index (κ3) is 7.82. The molecule has 0 fully saturated rings. The first-order valence-electron chi connectivity index (χ1n) is 4.77. The number of carbonyl (C=O) groups excluding carboxylic acids is 1. The standard InChI is InChI=1S/C8H15N3O6/c1-6(12)16-7(2)17-9-11(15)10(3)5-4-8(13)14/h7H,4-5H2,1-3H3,(H,13,14)/b11-9+. The highest BCUT2D eigenvalue weighted by molar-refractivity contribution is 5.66. The number of hydrogen-bond acceptors (Lipinski definition) is 6. The predicted molar refractivity (Wildman–Crippen MR) is 53.3 cm³/mol. The fraction of sp³-hybridized carbons (Fsp3) is 0.750. The molecule has 98 valence electrons. The third-order valence-electron chi connectivity index (χ3n) is 1.54. The largest absolute Gasteiger partial charge is 0.569 e. The molecule has 0 aliphatic rings. The number of carbonyl (C=O) groups is 2. The normalized spacial score (nSPS) is 12.8. The first-order valence-corrected chi connectivity index (χ1v) is 4.77. The van der Waals surface area contributed by atoms with Gasteiger partial charge in [0, 0.05) is 13.8 Å². The molecular formula is C8H15N3O6. The number of esters is 1. The molecule has 0 aliphatic heterocycles. The van der Waals surface area contributed by atoms with Crippen LogP contribution < -0.4 is 0 Å². The molecule has 1 unspecified atom stereocenters. The lowest BCUT2D eigenvalue weighted by atomic mass is 10.4. The zero-order chi connectivity index (χ0) is 13.4. The molecule has 0 amide bonds. The molecule has 9 heteroatoms. The van der Waals surface area contributed by atoms with Crippen molar-refractivity contribution in [1.29, 1.82) is 0 Å². The maximum atomic E-state index is 11.2. The number of rotatable bonds is 7. The van der Waals surface area contributed by atoms with Crippen LogP contribution in [0.25, 0.3) is 0 Å². The van der Waals surface area contributed by atoms with Gasteiger partial charge < -0.3 is 15.1 Å². The lowest BCUT2D eigenvalue weighted by Crippen LogP contribution is -2.29. The van der Waals surface area contributed by atoms with Gasteiger partial charge in [-0.3, -0.25) is 14.4 Å². The molecule has 1 N–H and O–H groups in total. The van der Waals surface area contributed by atoms with Crippen molar-refractivity contribution in [2.24, 2.45) is 5.28 Å². The Balaban J connectivity index is 4.06. The molecular weight excluding hydrogens is 234 g/mol. The van der Waals surface area contributed by atoms with Crippen molar-refractivity contribution in [2.45, 2.75) is 26.6 Å². The topological polar surface area (TPSA) is 114 Å². The Morgan fingerprint density at radius 3 is 2.65 bits per heavy atom. The van der Waals surface area contributed by atoms with Crippen molar-refractivity contribution in [1.82, 2.24) is 5.01 Å². The summed E-state index contributed by atoms with van der Waals surface area (Å²) in [5, 5.41) is 23.6. The number of hydrazine groups is 1. The predicted octanol–water partition coefficient (Wildman–Crippen LogP) is 0.111. The van der Waals surface area contributed by atoms with Crippen LogP contribution in [0.1, 0.15) is 20.3 Å². The van der Waals surface area contributed by atoms with Gasteiger partial charge in [0.25, 0.3) is 6.29 Å². The molecule has 0 radical (unpaired) electrons. The average molecular weight is 249 g/mol. The van der Waals surface area contributed by atoms with E-state index >= 15 is 0 Å². The van der Waals surface area contributed by atoms with Crippen molar-refractivity contribution >= 4 is 11.9 Å². The van der Waals surface area contributed by atoms with Gasteiger partial charge in [0.05, 0.1) is 25.0 Å². The smallest absolute Gasteiger partial charge is 0.305 e. The van der Waals surface area contributed by atoms with Gasteiger partial charge in [-0.1, -0.05) is 0 Å². The third-order valence-corrected chi connectivity index (χ3v) is 1.54. The number of ether oxygens (including phenoxy) is 1. The van der Waals surface area contributed by atoms with Crippen molar-refractivity contribution in [3.05, 3.63) is 5.21 Å². The molecule has 0 aromatic rings. The van der Waals surface area contributed by atoms with E-state index in [1.165, 1.54) is 20.9 Å². The fourth-order valence-corrected chi connectivity index (χ4v) is 0.767. The maximum absolute atomic E-state index is 11.2. The molecule has 0 bridgehead atoms. The van der Waals surface area contributed by atoms with Gasteiger partial charge in [-0.2, -0.15) is 0 Å². The summed E-state index contributed by atoms with van der Waals surface area (Å²) >= 11 is 0.